The number of aryl methyl sites for hydroxylation is 1. The van der Waals surface area contributed by atoms with E-state index >= 15 is 0 Å². The number of nitrogens with two attached hydrogens (primary N) is 1. The molecule has 1 aromatic rings. The number of nitrogens with zero attached hydrogens (tertiary/aromatic N) is 1. The molecule has 1 rings (SSSR count). The van der Waals surface area contributed by atoms with Crippen molar-refractivity contribution in [3.63, 3.8) is 0 Å². The standard InChI is InChI=1S/C13H19N3OS/c1-3-7-16(9-12(14)18)13(17)15-11-6-4-5-10(2)8-11/h4-6,8H,3,7,9H2,1-2H3,(H2,14,18)(H,15,17). The maximum Gasteiger partial charge on any atom is 0.322 e. The van der Waals surface area contributed by atoms with Crippen LogP contribution in [0.1, 0.15) is 18.9 Å². The number of urea groups is 1. The maximum absolute atomic E-state index is 12.0. The quantitative estimate of drug-likeness (QED) is 0.804. The average molecular weight is 265 g/mol. The van der Waals surface area contributed by atoms with Gasteiger partial charge in [0.2, 0.25) is 0 Å². The molecule has 98 valence electrons. The highest BCUT2D eigenvalue weighted by molar-refractivity contribution is 7.80. The van der Waals surface area contributed by atoms with Gasteiger partial charge in [0.1, 0.15) is 0 Å². The fraction of sp³-hybridized carbons (Fsp3) is 0.385. The van der Waals surface area contributed by atoms with Crippen LogP contribution in [-0.2, 0) is 0 Å². The number of amides is 2. The van der Waals surface area contributed by atoms with Gasteiger partial charge in [-0.15, -0.1) is 0 Å². The van der Waals surface area contributed by atoms with Gasteiger partial charge in [-0.2, -0.15) is 0 Å². The third-order valence-corrected chi connectivity index (χ3v) is 2.53. The Balaban J connectivity index is 2.69. The second-order valence-corrected chi connectivity index (χ2v) is 4.71. The van der Waals surface area contributed by atoms with Gasteiger partial charge in [0.15, 0.2) is 0 Å². The predicted octanol–water partition coefficient (Wildman–Crippen LogP) is 2.53. The Hall–Kier alpha value is -1.62. The number of benzene rings is 1. The van der Waals surface area contributed by atoms with Crippen LogP contribution < -0.4 is 11.1 Å². The van der Waals surface area contributed by atoms with Crippen LogP contribution in [0.3, 0.4) is 0 Å². The molecule has 3 N–H and O–H groups in total. The third-order valence-electron chi connectivity index (χ3n) is 2.40. The zero-order valence-corrected chi connectivity index (χ0v) is 11.6. The lowest BCUT2D eigenvalue weighted by Crippen LogP contribution is -2.40. The molecule has 0 radical (unpaired) electrons. The Morgan fingerprint density at radius 2 is 2.22 bits per heavy atom. The largest absolute Gasteiger partial charge is 0.392 e. The molecule has 0 spiro atoms. The number of rotatable bonds is 5. The maximum atomic E-state index is 12.0. The topological polar surface area (TPSA) is 58.4 Å². The van der Waals surface area contributed by atoms with Crippen molar-refractivity contribution in [1.29, 1.82) is 0 Å². The summed E-state index contributed by atoms with van der Waals surface area (Å²) < 4.78 is 0. The fourth-order valence-electron chi connectivity index (χ4n) is 1.64. The molecule has 0 aromatic heterocycles. The summed E-state index contributed by atoms with van der Waals surface area (Å²) in [6.45, 7) is 4.93. The van der Waals surface area contributed by atoms with Gasteiger partial charge in [-0.25, -0.2) is 4.79 Å². The zero-order valence-electron chi connectivity index (χ0n) is 10.8. The van der Waals surface area contributed by atoms with E-state index in [2.05, 4.69) is 5.32 Å². The van der Waals surface area contributed by atoms with E-state index in [1.54, 1.807) is 4.90 Å². The molecular formula is C13H19N3OS. The van der Waals surface area contributed by atoms with Crippen molar-refractivity contribution in [3.05, 3.63) is 29.8 Å². The molecule has 1 aromatic carbocycles. The summed E-state index contributed by atoms with van der Waals surface area (Å²) in [7, 11) is 0. The Morgan fingerprint density at radius 1 is 1.50 bits per heavy atom. The second kappa shape index (κ2) is 6.96. The van der Waals surface area contributed by atoms with Crippen molar-refractivity contribution in [3.8, 4) is 0 Å². The van der Waals surface area contributed by atoms with Crippen LogP contribution in [0.15, 0.2) is 24.3 Å². The first-order valence-corrected chi connectivity index (χ1v) is 6.34. The van der Waals surface area contributed by atoms with Gasteiger partial charge >= 0.3 is 6.03 Å². The van der Waals surface area contributed by atoms with Crippen molar-refractivity contribution >= 4 is 28.9 Å². The van der Waals surface area contributed by atoms with Crippen LogP contribution in [0, 0.1) is 6.92 Å². The molecule has 0 fully saturated rings. The monoisotopic (exact) mass is 265 g/mol. The van der Waals surface area contributed by atoms with E-state index in [1.165, 1.54) is 0 Å². The number of nitrogens with one attached hydrogen (secondary N) is 1. The number of hydrogen-bond acceptors (Lipinski definition) is 2. The SMILES string of the molecule is CCCN(CC(N)=S)C(=O)Nc1cccc(C)c1. The summed E-state index contributed by atoms with van der Waals surface area (Å²) in [4.78, 5) is 14.0. The summed E-state index contributed by atoms with van der Waals surface area (Å²) in [6, 6.07) is 7.49. The molecule has 0 saturated heterocycles. The fourth-order valence-corrected chi connectivity index (χ4v) is 1.79. The minimum atomic E-state index is -0.171. The lowest BCUT2D eigenvalue weighted by atomic mass is 10.2. The minimum absolute atomic E-state index is 0.171. The van der Waals surface area contributed by atoms with Gasteiger partial charge in [-0.05, 0) is 31.0 Å². The predicted molar refractivity (Wildman–Crippen MR) is 78.8 cm³/mol. The molecule has 0 aliphatic carbocycles. The molecule has 0 bridgehead atoms. The first-order valence-electron chi connectivity index (χ1n) is 5.94. The molecule has 0 unspecified atom stereocenters. The smallest absolute Gasteiger partial charge is 0.322 e. The van der Waals surface area contributed by atoms with E-state index < -0.39 is 0 Å². The highest BCUT2D eigenvalue weighted by Crippen LogP contribution is 2.10. The summed E-state index contributed by atoms with van der Waals surface area (Å²) in [5, 5.41) is 2.84. The Kier molecular flexibility index (Phi) is 5.58. The van der Waals surface area contributed by atoms with Gasteiger partial charge < -0.3 is 16.0 Å². The molecule has 0 saturated carbocycles. The highest BCUT2D eigenvalue weighted by Gasteiger charge is 2.13. The summed E-state index contributed by atoms with van der Waals surface area (Å²) in [6.07, 6.45) is 0.865. The molecule has 0 aliphatic heterocycles. The first-order chi connectivity index (χ1) is 8.52. The summed E-state index contributed by atoms with van der Waals surface area (Å²) in [5.41, 5.74) is 7.37. The van der Waals surface area contributed by atoms with E-state index in [0.29, 0.717) is 18.1 Å². The molecule has 2 amide bonds. The van der Waals surface area contributed by atoms with Crippen LogP contribution in [-0.4, -0.2) is 29.0 Å². The molecule has 5 heteroatoms. The molecule has 0 atom stereocenters. The van der Waals surface area contributed by atoms with Crippen molar-refractivity contribution in [2.75, 3.05) is 18.4 Å². The van der Waals surface area contributed by atoms with Crippen LogP contribution >= 0.6 is 12.2 Å². The van der Waals surface area contributed by atoms with Crippen LogP contribution in [0.25, 0.3) is 0 Å². The Labute approximate surface area is 113 Å². The minimum Gasteiger partial charge on any atom is -0.392 e. The first kappa shape index (κ1) is 14.4. The van der Waals surface area contributed by atoms with Gasteiger partial charge in [0, 0.05) is 12.2 Å². The van der Waals surface area contributed by atoms with Gasteiger partial charge in [-0.1, -0.05) is 31.3 Å². The van der Waals surface area contributed by atoms with Gasteiger partial charge in [-0.3, -0.25) is 0 Å². The van der Waals surface area contributed by atoms with E-state index in [9.17, 15) is 4.79 Å². The van der Waals surface area contributed by atoms with Crippen molar-refractivity contribution in [2.24, 2.45) is 5.73 Å². The van der Waals surface area contributed by atoms with Gasteiger partial charge in [0.25, 0.3) is 0 Å². The molecular weight excluding hydrogens is 246 g/mol. The van der Waals surface area contributed by atoms with Crippen molar-refractivity contribution in [1.82, 2.24) is 4.90 Å². The molecule has 18 heavy (non-hydrogen) atoms. The number of carbonyl (C=O) groups excluding carboxylic acids is 1. The highest BCUT2D eigenvalue weighted by atomic mass is 32.1. The van der Waals surface area contributed by atoms with E-state index in [1.807, 2.05) is 38.1 Å². The van der Waals surface area contributed by atoms with E-state index in [-0.39, 0.29) is 6.03 Å². The van der Waals surface area contributed by atoms with Crippen LogP contribution in [0.4, 0.5) is 10.5 Å². The molecule has 4 nitrogen and oxygen atoms in total. The van der Waals surface area contributed by atoms with Crippen LogP contribution in [0.2, 0.25) is 0 Å². The number of anilines is 1. The summed E-state index contributed by atoms with van der Waals surface area (Å²) in [5.74, 6) is 0. The van der Waals surface area contributed by atoms with E-state index in [4.69, 9.17) is 18.0 Å². The van der Waals surface area contributed by atoms with Crippen LogP contribution in [0.5, 0.6) is 0 Å². The molecule has 0 aliphatic rings. The lowest BCUT2D eigenvalue weighted by molar-refractivity contribution is 0.219. The lowest BCUT2D eigenvalue weighted by Gasteiger charge is -2.22. The van der Waals surface area contributed by atoms with Crippen molar-refractivity contribution < 1.29 is 4.79 Å². The number of hydrogen-bond donors (Lipinski definition) is 2. The second-order valence-electron chi connectivity index (χ2n) is 4.19. The third kappa shape index (κ3) is 4.71. The molecule has 0 heterocycles. The number of carbonyl (C=O) groups is 1. The Morgan fingerprint density at radius 3 is 2.78 bits per heavy atom. The summed E-state index contributed by atoms with van der Waals surface area (Å²) >= 11 is 4.85. The Bertz CT molecular complexity index is 434. The average Bonchev–Trinajstić information content (AvgIpc) is 2.27. The van der Waals surface area contributed by atoms with E-state index in [0.717, 1.165) is 17.7 Å². The van der Waals surface area contributed by atoms with Gasteiger partial charge in [0.05, 0.1) is 11.5 Å². The normalized spacial score (nSPS) is 9.89. The zero-order chi connectivity index (χ0) is 13.5. The van der Waals surface area contributed by atoms with Crippen molar-refractivity contribution in [2.45, 2.75) is 20.3 Å². The number of thiocarbonyl (C=S) groups is 1.